The first kappa shape index (κ1) is 18.4. The monoisotopic (exact) mass is 331 g/mol. The zero-order chi connectivity index (χ0) is 15.9. The van der Waals surface area contributed by atoms with Gasteiger partial charge in [0.25, 0.3) is 0 Å². The van der Waals surface area contributed by atoms with E-state index in [9.17, 15) is 0 Å². The van der Waals surface area contributed by atoms with Crippen LogP contribution in [0, 0.1) is 5.41 Å². The lowest BCUT2D eigenvalue weighted by molar-refractivity contribution is 0.342. The van der Waals surface area contributed by atoms with E-state index in [-0.39, 0.29) is 5.41 Å². The summed E-state index contributed by atoms with van der Waals surface area (Å²) in [4.78, 5) is 4.47. The Bertz CT molecular complexity index is 447. The maximum atomic E-state index is 6.22. The third kappa shape index (κ3) is 6.31. The zero-order valence-electron chi connectivity index (χ0n) is 13.5. The van der Waals surface area contributed by atoms with Crippen molar-refractivity contribution >= 4 is 34.8 Å². The van der Waals surface area contributed by atoms with E-state index >= 15 is 0 Å². The smallest absolute Gasteiger partial charge is 0.147 e. The van der Waals surface area contributed by atoms with Crippen molar-refractivity contribution in [2.45, 2.75) is 53.4 Å². The fourth-order valence-electron chi connectivity index (χ4n) is 2.15. The fourth-order valence-corrected chi connectivity index (χ4v) is 2.64. The molecule has 0 unspecified atom stereocenters. The van der Waals surface area contributed by atoms with Gasteiger partial charge in [0.2, 0.25) is 0 Å². The van der Waals surface area contributed by atoms with Gasteiger partial charge in [0, 0.05) is 13.1 Å². The number of halogens is 2. The number of hydrogen-bond donors (Lipinski definition) is 2. The fraction of sp³-hybridized carbons (Fsp3) is 0.688. The number of anilines is 2. The Morgan fingerprint density at radius 1 is 1.05 bits per heavy atom. The highest BCUT2D eigenvalue weighted by Gasteiger charge is 2.18. The number of nitrogens with one attached hydrogen (secondary N) is 2. The van der Waals surface area contributed by atoms with Crippen molar-refractivity contribution in [3.05, 3.63) is 16.1 Å². The van der Waals surface area contributed by atoms with Crippen molar-refractivity contribution < 1.29 is 0 Å². The predicted octanol–water partition coefficient (Wildman–Crippen LogP) is 5.84. The molecule has 0 amide bonds. The topological polar surface area (TPSA) is 37.0 Å². The molecule has 1 aromatic rings. The lowest BCUT2D eigenvalue weighted by Gasteiger charge is -2.25. The largest absolute Gasteiger partial charge is 0.369 e. The van der Waals surface area contributed by atoms with Crippen LogP contribution in [0.1, 0.15) is 53.4 Å². The Balaban J connectivity index is 2.67. The molecular formula is C16H27Cl2N3. The zero-order valence-corrected chi connectivity index (χ0v) is 15.0. The maximum absolute atomic E-state index is 6.22. The average Bonchev–Trinajstić information content (AvgIpc) is 2.41. The summed E-state index contributed by atoms with van der Waals surface area (Å²) in [5, 5.41) is 7.62. The summed E-state index contributed by atoms with van der Waals surface area (Å²) in [5.74, 6) is 1.37. The highest BCUT2D eigenvalue weighted by molar-refractivity contribution is 6.37. The van der Waals surface area contributed by atoms with Crippen molar-refractivity contribution in [2.75, 3.05) is 23.7 Å². The molecule has 5 heteroatoms. The lowest BCUT2D eigenvalue weighted by Crippen LogP contribution is -2.23. The summed E-state index contributed by atoms with van der Waals surface area (Å²) in [6.45, 7) is 10.4. The summed E-state index contributed by atoms with van der Waals surface area (Å²) < 4.78 is 0. The molecule has 1 rings (SSSR count). The van der Waals surface area contributed by atoms with Crippen LogP contribution in [0.25, 0.3) is 0 Å². The molecule has 0 saturated carbocycles. The molecule has 21 heavy (non-hydrogen) atoms. The second kappa shape index (κ2) is 8.70. The summed E-state index contributed by atoms with van der Waals surface area (Å²) in [5.41, 5.74) is 0.220. The number of aromatic nitrogens is 1. The maximum Gasteiger partial charge on any atom is 0.147 e. The molecule has 3 nitrogen and oxygen atoms in total. The Labute approximate surface area is 138 Å². The van der Waals surface area contributed by atoms with Crippen LogP contribution < -0.4 is 10.6 Å². The summed E-state index contributed by atoms with van der Waals surface area (Å²) in [6.07, 6.45) is 4.99. The number of hydrogen-bond acceptors (Lipinski definition) is 3. The van der Waals surface area contributed by atoms with Crippen molar-refractivity contribution in [2.24, 2.45) is 5.41 Å². The molecule has 1 heterocycles. The van der Waals surface area contributed by atoms with Gasteiger partial charge in [-0.15, -0.1) is 0 Å². The number of rotatable bonds is 9. The van der Waals surface area contributed by atoms with Gasteiger partial charge in [0.05, 0.1) is 10.0 Å². The number of pyridine rings is 1. The number of unbranched alkanes of at least 4 members (excludes halogenated alkanes) is 2. The highest BCUT2D eigenvalue weighted by atomic mass is 35.5. The first-order valence-corrected chi connectivity index (χ1v) is 8.49. The Kier molecular flexibility index (Phi) is 7.61. The van der Waals surface area contributed by atoms with Crippen LogP contribution in [-0.4, -0.2) is 18.1 Å². The lowest BCUT2D eigenvalue weighted by atomic mass is 9.87. The van der Waals surface area contributed by atoms with E-state index in [0.717, 1.165) is 13.1 Å². The van der Waals surface area contributed by atoms with Gasteiger partial charge in [-0.2, -0.15) is 0 Å². The molecule has 1 aromatic heterocycles. The van der Waals surface area contributed by atoms with Crippen molar-refractivity contribution in [1.29, 1.82) is 0 Å². The van der Waals surface area contributed by atoms with Gasteiger partial charge in [0.1, 0.15) is 11.6 Å². The number of nitrogens with zero attached hydrogens (tertiary/aromatic N) is 1. The molecule has 2 N–H and O–H groups in total. The molecule has 0 aromatic carbocycles. The van der Waals surface area contributed by atoms with Crippen LogP contribution in [0.5, 0.6) is 0 Å². The molecule has 0 aliphatic rings. The Morgan fingerprint density at radius 3 is 2.24 bits per heavy atom. The molecule has 0 aliphatic heterocycles. The first-order chi connectivity index (χ1) is 9.89. The normalized spacial score (nSPS) is 11.5. The van der Waals surface area contributed by atoms with Crippen LogP contribution in [0.15, 0.2) is 6.07 Å². The van der Waals surface area contributed by atoms with E-state index in [4.69, 9.17) is 23.2 Å². The summed E-state index contributed by atoms with van der Waals surface area (Å²) >= 11 is 12.3. The third-order valence-electron chi connectivity index (χ3n) is 3.47. The molecule has 0 aliphatic carbocycles. The SMILES string of the molecule is CCCCCC(C)(C)CNc1nc(NCC)c(Cl)cc1Cl. The Morgan fingerprint density at radius 2 is 1.67 bits per heavy atom. The standard InChI is InChI=1S/C16H27Cl2N3/c1-5-7-8-9-16(3,4)11-20-15-13(18)10-12(17)14(21-15)19-6-2/h10H,5-9,11H2,1-4H3,(H2,19,20,21). The Hall–Kier alpha value is -0.670. The van der Waals surface area contributed by atoms with Crippen LogP contribution in [0.3, 0.4) is 0 Å². The van der Waals surface area contributed by atoms with E-state index in [1.807, 2.05) is 6.92 Å². The van der Waals surface area contributed by atoms with Crippen molar-refractivity contribution in [3.63, 3.8) is 0 Å². The van der Waals surface area contributed by atoms with Gasteiger partial charge in [-0.05, 0) is 24.8 Å². The third-order valence-corrected chi connectivity index (χ3v) is 4.04. The molecule has 120 valence electrons. The van der Waals surface area contributed by atoms with Crippen LogP contribution in [0.2, 0.25) is 10.0 Å². The van der Waals surface area contributed by atoms with Gasteiger partial charge in [-0.25, -0.2) is 4.98 Å². The first-order valence-electron chi connectivity index (χ1n) is 7.73. The van der Waals surface area contributed by atoms with Crippen LogP contribution in [-0.2, 0) is 0 Å². The molecule has 0 bridgehead atoms. The van der Waals surface area contributed by atoms with Crippen molar-refractivity contribution in [1.82, 2.24) is 4.98 Å². The van der Waals surface area contributed by atoms with Gasteiger partial charge in [0.15, 0.2) is 0 Å². The van der Waals surface area contributed by atoms with E-state index in [1.54, 1.807) is 6.07 Å². The van der Waals surface area contributed by atoms with Crippen LogP contribution >= 0.6 is 23.2 Å². The summed E-state index contributed by atoms with van der Waals surface area (Å²) in [6, 6.07) is 1.74. The van der Waals surface area contributed by atoms with Gasteiger partial charge in [-0.1, -0.05) is 63.2 Å². The molecule has 0 radical (unpaired) electrons. The van der Waals surface area contributed by atoms with E-state index in [1.165, 1.54) is 25.7 Å². The second-order valence-electron chi connectivity index (χ2n) is 6.15. The highest BCUT2D eigenvalue weighted by Crippen LogP contribution is 2.31. The van der Waals surface area contributed by atoms with E-state index in [0.29, 0.717) is 21.7 Å². The quantitative estimate of drug-likeness (QED) is 0.558. The molecule has 0 fully saturated rings. The van der Waals surface area contributed by atoms with Gasteiger partial charge >= 0.3 is 0 Å². The molecule has 0 saturated heterocycles. The van der Waals surface area contributed by atoms with E-state index in [2.05, 4.69) is 36.4 Å². The predicted molar refractivity (Wildman–Crippen MR) is 94.8 cm³/mol. The minimum absolute atomic E-state index is 0.220. The molecule has 0 spiro atoms. The second-order valence-corrected chi connectivity index (χ2v) is 6.97. The van der Waals surface area contributed by atoms with Gasteiger partial charge in [-0.3, -0.25) is 0 Å². The summed E-state index contributed by atoms with van der Waals surface area (Å²) in [7, 11) is 0. The van der Waals surface area contributed by atoms with Crippen molar-refractivity contribution in [3.8, 4) is 0 Å². The van der Waals surface area contributed by atoms with Crippen LogP contribution in [0.4, 0.5) is 11.6 Å². The molecular weight excluding hydrogens is 305 g/mol. The average molecular weight is 332 g/mol. The van der Waals surface area contributed by atoms with E-state index < -0.39 is 0 Å². The minimum atomic E-state index is 0.220. The van der Waals surface area contributed by atoms with Gasteiger partial charge < -0.3 is 10.6 Å². The molecule has 0 atom stereocenters. The minimum Gasteiger partial charge on any atom is -0.369 e.